The van der Waals surface area contributed by atoms with E-state index in [4.69, 9.17) is 4.42 Å². The van der Waals surface area contributed by atoms with Gasteiger partial charge >= 0.3 is 0 Å². The predicted molar refractivity (Wildman–Crippen MR) is 87.3 cm³/mol. The fraction of sp³-hybridized carbons (Fsp3) is 0.556. The second-order valence-electron chi connectivity index (χ2n) is 6.50. The molecule has 21 heavy (non-hydrogen) atoms. The Kier molecular flexibility index (Phi) is 4.32. The first-order valence-electron chi connectivity index (χ1n) is 8.12. The summed E-state index contributed by atoms with van der Waals surface area (Å²) in [5.41, 5.74) is 2.35. The van der Waals surface area contributed by atoms with E-state index in [1.165, 1.54) is 30.3 Å². The highest BCUT2D eigenvalue weighted by Crippen LogP contribution is 2.29. The Hall–Kier alpha value is -1.32. The molecular formula is C18H26N2O. The standard InChI is InChI=1S/C18H26N2O/c1-13(2)19-11-16-15-8-4-5-9-17(15)21-18(16)12-20-10-6-7-14(20)3/h4-5,8-9,13-14,19H,6-7,10-12H2,1-3H3. The van der Waals surface area contributed by atoms with Gasteiger partial charge in [-0.3, -0.25) is 4.90 Å². The van der Waals surface area contributed by atoms with Crippen molar-refractivity contribution in [1.82, 2.24) is 10.2 Å². The Bertz CT molecular complexity index is 602. The monoisotopic (exact) mass is 286 g/mol. The lowest BCUT2D eigenvalue weighted by Gasteiger charge is -2.20. The first-order valence-corrected chi connectivity index (χ1v) is 8.12. The highest BCUT2D eigenvalue weighted by molar-refractivity contribution is 5.82. The quantitative estimate of drug-likeness (QED) is 0.903. The van der Waals surface area contributed by atoms with Crippen LogP contribution in [-0.2, 0) is 13.1 Å². The van der Waals surface area contributed by atoms with Gasteiger partial charge < -0.3 is 9.73 Å². The second-order valence-corrected chi connectivity index (χ2v) is 6.50. The van der Waals surface area contributed by atoms with Gasteiger partial charge in [0.1, 0.15) is 11.3 Å². The summed E-state index contributed by atoms with van der Waals surface area (Å²) in [7, 11) is 0. The molecule has 1 fully saturated rings. The maximum atomic E-state index is 6.16. The molecule has 1 saturated heterocycles. The van der Waals surface area contributed by atoms with E-state index in [9.17, 15) is 0 Å². The van der Waals surface area contributed by atoms with Crippen LogP contribution in [0.2, 0.25) is 0 Å². The molecule has 1 atom stereocenters. The highest BCUT2D eigenvalue weighted by Gasteiger charge is 2.23. The number of para-hydroxylation sites is 1. The molecule has 0 radical (unpaired) electrons. The summed E-state index contributed by atoms with van der Waals surface area (Å²) >= 11 is 0. The van der Waals surface area contributed by atoms with Gasteiger partial charge in [-0.1, -0.05) is 32.0 Å². The number of benzene rings is 1. The van der Waals surface area contributed by atoms with Crippen molar-refractivity contribution >= 4 is 11.0 Å². The van der Waals surface area contributed by atoms with Gasteiger partial charge in [0.25, 0.3) is 0 Å². The topological polar surface area (TPSA) is 28.4 Å². The number of hydrogen-bond acceptors (Lipinski definition) is 3. The third kappa shape index (κ3) is 3.14. The Labute approximate surface area is 127 Å². The zero-order valence-corrected chi connectivity index (χ0v) is 13.4. The molecule has 1 aromatic carbocycles. The van der Waals surface area contributed by atoms with Crippen LogP contribution in [0.1, 0.15) is 44.9 Å². The number of nitrogens with zero attached hydrogens (tertiary/aromatic N) is 1. The molecule has 0 aliphatic carbocycles. The van der Waals surface area contributed by atoms with Gasteiger partial charge in [-0.2, -0.15) is 0 Å². The van der Waals surface area contributed by atoms with Crippen molar-refractivity contribution in [2.75, 3.05) is 6.54 Å². The van der Waals surface area contributed by atoms with Crippen molar-refractivity contribution in [3.05, 3.63) is 35.6 Å². The summed E-state index contributed by atoms with van der Waals surface area (Å²) in [6, 6.07) is 9.55. The van der Waals surface area contributed by atoms with Gasteiger partial charge in [0.05, 0.1) is 6.54 Å². The Morgan fingerprint density at radius 2 is 2.14 bits per heavy atom. The molecule has 2 heterocycles. The number of rotatable bonds is 5. The summed E-state index contributed by atoms with van der Waals surface area (Å²) in [5.74, 6) is 1.14. The van der Waals surface area contributed by atoms with Crippen LogP contribution in [0.4, 0.5) is 0 Å². The van der Waals surface area contributed by atoms with E-state index in [1.807, 2.05) is 6.07 Å². The lowest BCUT2D eigenvalue weighted by atomic mass is 10.1. The van der Waals surface area contributed by atoms with Gasteiger partial charge in [-0.05, 0) is 32.4 Å². The first kappa shape index (κ1) is 14.6. The fourth-order valence-electron chi connectivity index (χ4n) is 3.19. The minimum Gasteiger partial charge on any atom is -0.459 e. The molecule has 0 spiro atoms. The maximum absolute atomic E-state index is 6.16. The molecule has 114 valence electrons. The average Bonchev–Trinajstić information content (AvgIpc) is 3.01. The zero-order valence-electron chi connectivity index (χ0n) is 13.4. The van der Waals surface area contributed by atoms with Crippen LogP contribution in [0.25, 0.3) is 11.0 Å². The van der Waals surface area contributed by atoms with Crippen molar-refractivity contribution in [2.45, 2.75) is 58.8 Å². The van der Waals surface area contributed by atoms with Gasteiger partial charge in [0, 0.05) is 29.6 Å². The Morgan fingerprint density at radius 1 is 1.33 bits per heavy atom. The van der Waals surface area contributed by atoms with Gasteiger partial charge in [-0.25, -0.2) is 0 Å². The van der Waals surface area contributed by atoms with Crippen LogP contribution in [0.3, 0.4) is 0 Å². The third-order valence-corrected chi connectivity index (χ3v) is 4.51. The normalized spacial score (nSPS) is 19.9. The number of likely N-dealkylation sites (tertiary alicyclic amines) is 1. The van der Waals surface area contributed by atoms with Gasteiger partial charge in [0.2, 0.25) is 0 Å². The summed E-state index contributed by atoms with van der Waals surface area (Å²) < 4.78 is 6.16. The van der Waals surface area contributed by atoms with E-state index in [1.54, 1.807) is 0 Å². The SMILES string of the molecule is CC(C)NCc1c(CN2CCCC2C)oc2ccccc12. The van der Waals surface area contributed by atoms with Crippen LogP contribution in [0, 0.1) is 0 Å². The van der Waals surface area contributed by atoms with Crippen molar-refractivity contribution in [1.29, 1.82) is 0 Å². The zero-order chi connectivity index (χ0) is 14.8. The number of fused-ring (bicyclic) bond motifs is 1. The molecule has 0 amide bonds. The number of nitrogens with one attached hydrogen (secondary N) is 1. The molecule has 1 N–H and O–H groups in total. The molecule has 3 rings (SSSR count). The molecule has 2 aromatic rings. The van der Waals surface area contributed by atoms with E-state index >= 15 is 0 Å². The van der Waals surface area contributed by atoms with E-state index in [2.05, 4.69) is 49.2 Å². The lowest BCUT2D eigenvalue weighted by molar-refractivity contribution is 0.239. The predicted octanol–water partition coefficient (Wildman–Crippen LogP) is 3.92. The molecule has 3 heteroatoms. The molecule has 1 aliphatic heterocycles. The van der Waals surface area contributed by atoms with Crippen molar-refractivity contribution in [3.63, 3.8) is 0 Å². The minimum absolute atomic E-state index is 0.484. The second kappa shape index (κ2) is 6.20. The van der Waals surface area contributed by atoms with Crippen LogP contribution in [-0.4, -0.2) is 23.5 Å². The van der Waals surface area contributed by atoms with E-state index < -0.39 is 0 Å². The van der Waals surface area contributed by atoms with E-state index in [0.717, 1.165) is 24.4 Å². The summed E-state index contributed by atoms with van der Waals surface area (Å²) in [4.78, 5) is 2.54. The van der Waals surface area contributed by atoms with E-state index in [0.29, 0.717) is 12.1 Å². The fourth-order valence-corrected chi connectivity index (χ4v) is 3.19. The lowest BCUT2D eigenvalue weighted by Crippen LogP contribution is -2.27. The van der Waals surface area contributed by atoms with Crippen LogP contribution in [0.5, 0.6) is 0 Å². The van der Waals surface area contributed by atoms with Crippen LogP contribution in [0.15, 0.2) is 28.7 Å². The average molecular weight is 286 g/mol. The molecule has 1 unspecified atom stereocenters. The maximum Gasteiger partial charge on any atom is 0.134 e. The van der Waals surface area contributed by atoms with Crippen LogP contribution >= 0.6 is 0 Å². The smallest absolute Gasteiger partial charge is 0.134 e. The van der Waals surface area contributed by atoms with Crippen molar-refractivity contribution in [2.24, 2.45) is 0 Å². The molecule has 0 bridgehead atoms. The molecule has 1 aromatic heterocycles. The van der Waals surface area contributed by atoms with Gasteiger partial charge in [0.15, 0.2) is 0 Å². The Balaban J connectivity index is 1.90. The Morgan fingerprint density at radius 3 is 2.86 bits per heavy atom. The molecule has 0 saturated carbocycles. The first-order chi connectivity index (χ1) is 10.1. The van der Waals surface area contributed by atoms with Gasteiger partial charge in [-0.15, -0.1) is 0 Å². The third-order valence-electron chi connectivity index (χ3n) is 4.51. The van der Waals surface area contributed by atoms with E-state index in [-0.39, 0.29) is 0 Å². The van der Waals surface area contributed by atoms with Crippen LogP contribution < -0.4 is 5.32 Å². The summed E-state index contributed by atoms with van der Waals surface area (Å²) in [6.45, 7) is 9.70. The molecule has 1 aliphatic rings. The van der Waals surface area contributed by atoms with Crippen molar-refractivity contribution < 1.29 is 4.42 Å². The number of hydrogen-bond donors (Lipinski definition) is 1. The molecular weight excluding hydrogens is 260 g/mol. The number of furan rings is 1. The van der Waals surface area contributed by atoms with Crippen molar-refractivity contribution in [3.8, 4) is 0 Å². The summed E-state index contributed by atoms with van der Waals surface area (Å²) in [6.07, 6.45) is 2.61. The minimum atomic E-state index is 0.484. The largest absolute Gasteiger partial charge is 0.459 e. The molecule has 3 nitrogen and oxygen atoms in total. The summed E-state index contributed by atoms with van der Waals surface area (Å²) in [5, 5.41) is 4.79. The highest BCUT2D eigenvalue weighted by atomic mass is 16.3.